The maximum absolute atomic E-state index is 11.7. The van der Waals surface area contributed by atoms with Crippen molar-refractivity contribution in [1.29, 1.82) is 0 Å². The van der Waals surface area contributed by atoms with Crippen LogP contribution in [-0.2, 0) is 9.53 Å². The molecule has 0 radical (unpaired) electrons. The quantitative estimate of drug-likeness (QED) is 0.603. The van der Waals surface area contributed by atoms with E-state index in [0.717, 1.165) is 24.8 Å². The summed E-state index contributed by atoms with van der Waals surface area (Å²) >= 11 is 0. The summed E-state index contributed by atoms with van der Waals surface area (Å²) in [5.74, 6) is 0.406. The Morgan fingerprint density at radius 2 is 2.13 bits per heavy atom. The molecule has 1 aromatic heterocycles. The first-order valence-corrected chi connectivity index (χ1v) is 8.35. The second kappa shape index (κ2) is 6.95. The van der Waals surface area contributed by atoms with Gasteiger partial charge in [-0.05, 0) is 56.7 Å². The zero-order valence-corrected chi connectivity index (χ0v) is 13.8. The fraction of sp³-hybridized carbons (Fsp3) is 0.400. The molecule has 0 spiro atoms. The number of fused-ring (bicyclic) bond motifs is 1. The van der Waals surface area contributed by atoms with Gasteiger partial charge < -0.3 is 4.74 Å². The van der Waals surface area contributed by atoms with Gasteiger partial charge in [0.2, 0.25) is 0 Å². The fourth-order valence-corrected chi connectivity index (χ4v) is 3.54. The maximum atomic E-state index is 11.7. The molecule has 23 heavy (non-hydrogen) atoms. The van der Waals surface area contributed by atoms with Gasteiger partial charge >= 0.3 is 5.97 Å². The van der Waals surface area contributed by atoms with Crippen LogP contribution >= 0.6 is 0 Å². The molecule has 1 heterocycles. The van der Waals surface area contributed by atoms with Crippen LogP contribution in [-0.4, -0.2) is 17.6 Å². The standard InChI is InChI=1S/C20H23NO2/c1-3-23-20(22)13-15-8-9-16(12-14(15)2)17-10-11-21-19-7-5-4-6-18(17)19/h4-7,10-11,16H,3,8-9,12-13H2,1-2H3/t16-/m1/s1. The number of para-hydroxylation sites is 1. The Bertz CT molecular complexity index is 743. The summed E-state index contributed by atoms with van der Waals surface area (Å²) in [6.45, 7) is 4.46. The van der Waals surface area contributed by atoms with E-state index >= 15 is 0 Å². The number of esters is 1. The van der Waals surface area contributed by atoms with Gasteiger partial charge in [0.05, 0.1) is 18.5 Å². The Morgan fingerprint density at radius 1 is 1.30 bits per heavy atom. The molecule has 2 aromatic rings. The molecule has 0 aliphatic heterocycles. The summed E-state index contributed by atoms with van der Waals surface area (Å²) in [5, 5.41) is 1.25. The van der Waals surface area contributed by atoms with Crippen molar-refractivity contribution in [1.82, 2.24) is 4.98 Å². The summed E-state index contributed by atoms with van der Waals surface area (Å²) in [6, 6.07) is 10.5. The number of rotatable bonds is 4. The third-order valence-electron chi connectivity index (χ3n) is 4.74. The van der Waals surface area contributed by atoms with E-state index in [1.165, 1.54) is 22.1 Å². The average molecular weight is 309 g/mol. The lowest BCUT2D eigenvalue weighted by molar-refractivity contribution is -0.142. The van der Waals surface area contributed by atoms with E-state index in [4.69, 9.17) is 4.74 Å². The maximum Gasteiger partial charge on any atom is 0.309 e. The van der Waals surface area contributed by atoms with Crippen LogP contribution in [0.2, 0.25) is 0 Å². The average Bonchev–Trinajstić information content (AvgIpc) is 2.56. The highest BCUT2D eigenvalue weighted by molar-refractivity contribution is 5.82. The van der Waals surface area contributed by atoms with Crippen LogP contribution in [0.1, 0.15) is 51.0 Å². The molecule has 0 saturated carbocycles. The van der Waals surface area contributed by atoms with Gasteiger partial charge in [0, 0.05) is 11.6 Å². The summed E-state index contributed by atoms with van der Waals surface area (Å²) in [4.78, 5) is 16.2. The van der Waals surface area contributed by atoms with E-state index < -0.39 is 0 Å². The minimum absolute atomic E-state index is 0.102. The lowest BCUT2D eigenvalue weighted by Crippen LogP contribution is -2.12. The van der Waals surface area contributed by atoms with Crippen molar-refractivity contribution in [2.24, 2.45) is 0 Å². The van der Waals surface area contributed by atoms with E-state index in [0.29, 0.717) is 18.9 Å². The van der Waals surface area contributed by atoms with Gasteiger partial charge in [-0.25, -0.2) is 0 Å². The number of pyridine rings is 1. The Hall–Kier alpha value is -2.16. The van der Waals surface area contributed by atoms with E-state index in [1.54, 1.807) is 0 Å². The number of nitrogens with zero attached hydrogens (tertiary/aromatic N) is 1. The second-order valence-electron chi connectivity index (χ2n) is 6.22. The third kappa shape index (κ3) is 3.44. The number of allylic oxidation sites excluding steroid dienone is 1. The number of aromatic nitrogens is 1. The smallest absolute Gasteiger partial charge is 0.309 e. The van der Waals surface area contributed by atoms with Crippen molar-refractivity contribution in [3.63, 3.8) is 0 Å². The molecule has 3 heteroatoms. The molecule has 3 rings (SSSR count). The van der Waals surface area contributed by atoms with Gasteiger partial charge in [-0.3, -0.25) is 9.78 Å². The zero-order valence-electron chi connectivity index (χ0n) is 13.8. The van der Waals surface area contributed by atoms with Crippen molar-refractivity contribution in [2.75, 3.05) is 6.61 Å². The Morgan fingerprint density at radius 3 is 2.91 bits per heavy atom. The number of ether oxygens (including phenoxy) is 1. The Balaban J connectivity index is 1.81. The van der Waals surface area contributed by atoms with Crippen LogP contribution < -0.4 is 0 Å². The molecule has 0 amide bonds. The predicted octanol–water partition coefficient (Wildman–Crippen LogP) is 4.77. The molecule has 3 nitrogen and oxygen atoms in total. The lowest BCUT2D eigenvalue weighted by Gasteiger charge is -2.26. The number of benzene rings is 1. The minimum atomic E-state index is -0.102. The molecule has 1 aliphatic rings. The molecule has 0 bridgehead atoms. The summed E-state index contributed by atoms with van der Waals surface area (Å²) in [6.07, 6.45) is 5.43. The van der Waals surface area contributed by atoms with Crippen LogP contribution in [0.3, 0.4) is 0 Å². The topological polar surface area (TPSA) is 39.2 Å². The lowest BCUT2D eigenvalue weighted by atomic mass is 9.79. The summed E-state index contributed by atoms with van der Waals surface area (Å²) in [5.41, 5.74) is 5.04. The van der Waals surface area contributed by atoms with Crippen molar-refractivity contribution in [3.05, 3.63) is 53.2 Å². The molecule has 1 aliphatic carbocycles. The normalized spacial score (nSPS) is 18.3. The monoisotopic (exact) mass is 309 g/mol. The van der Waals surface area contributed by atoms with Crippen LogP contribution in [0.4, 0.5) is 0 Å². The van der Waals surface area contributed by atoms with E-state index in [9.17, 15) is 4.79 Å². The van der Waals surface area contributed by atoms with Gasteiger partial charge in [-0.15, -0.1) is 0 Å². The van der Waals surface area contributed by atoms with Crippen LogP contribution in [0.15, 0.2) is 47.7 Å². The van der Waals surface area contributed by atoms with Crippen LogP contribution in [0, 0.1) is 0 Å². The van der Waals surface area contributed by atoms with Gasteiger partial charge in [-0.2, -0.15) is 0 Å². The van der Waals surface area contributed by atoms with E-state index in [-0.39, 0.29) is 5.97 Å². The summed E-state index contributed by atoms with van der Waals surface area (Å²) in [7, 11) is 0. The molecule has 0 saturated heterocycles. The first kappa shape index (κ1) is 15.7. The molecule has 1 aromatic carbocycles. The van der Waals surface area contributed by atoms with Crippen molar-refractivity contribution in [3.8, 4) is 0 Å². The molecule has 0 unspecified atom stereocenters. The van der Waals surface area contributed by atoms with Crippen molar-refractivity contribution >= 4 is 16.9 Å². The number of carbonyl (C=O) groups is 1. The van der Waals surface area contributed by atoms with E-state index in [1.807, 2.05) is 19.2 Å². The van der Waals surface area contributed by atoms with E-state index in [2.05, 4.69) is 36.2 Å². The zero-order chi connectivity index (χ0) is 16.2. The largest absolute Gasteiger partial charge is 0.466 e. The first-order valence-electron chi connectivity index (χ1n) is 8.35. The number of hydrogen-bond donors (Lipinski definition) is 0. The minimum Gasteiger partial charge on any atom is -0.466 e. The third-order valence-corrected chi connectivity index (χ3v) is 4.74. The highest BCUT2D eigenvalue weighted by atomic mass is 16.5. The van der Waals surface area contributed by atoms with Crippen LogP contribution in [0.25, 0.3) is 10.9 Å². The highest BCUT2D eigenvalue weighted by Gasteiger charge is 2.23. The van der Waals surface area contributed by atoms with Gasteiger partial charge in [0.15, 0.2) is 0 Å². The molecule has 0 fully saturated rings. The Labute approximate surface area is 137 Å². The van der Waals surface area contributed by atoms with Crippen molar-refractivity contribution < 1.29 is 9.53 Å². The van der Waals surface area contributed by atoms with Gasteiger partial charge in [0.1, 0.15) is 0 Å². The molecular formula is C20H23NO2. The van der Waals surface area contributed by atoms with Gasteiger partial charge in [0.25, 0.3) is 0 Å². The predicted molar refractivity (Wildman–Crippen MR) is 92.3 cm³/mol. The second-order valence-corrected chi connectivity index (χ2v) is 6.22. The SMILES string of the molecule is CCOC(=O)CC1=C(C)C[C@H](c2ccnc3ccccc23)CC1. The molecular weight excluding hydrogens is 286 g/mol. The van der Waals surface area contributed by atoms with Gasteiger partial charge in [-0.1, -0.05) is 29.3 Å². The number of carbonyl (C=O) groups excluding carboxylic acids is 1. The molecule has 120 valence electrons. The summed E-state index contributed by atoms with van der Waals surface area (Å²) < 4.78 is 5.08. The fourth-order valence-electron chi connectivity index (χ4n) is 3.54. The number of hydrogen-bond acceptors (Lipinski definition) is 3. The van der Waals surface area contributed by atoms with Crippen LogP contribution in [0.5, 0.6) is 0 Å². The highest BCUT2D eigenvalue weighted by Crippen LogP contribution is 2.39. The Kier molecular flexibility index (Phi) is 4.75. The molecule has 0 N–H and O–H groups in total. The molecule has 1 atom stereocenters. The van der Waals surface area contributed by atoms with Crippen molar-refractivity contribution in [2.45, 2.75) is 45.4 Å². The first-order chi connectivity index (χ1) is 11.2.